The molecule has 0 spiro atoms. The van der Waals surface area contributed by atoms with E-state index in [4.69, 9.17) is 9.29 Å². The van der Waals surface area contributed by atoms with Gasteiger partial charge in [-0.2, -0.15) is 8.42 Å². The molecular formula is C23H31KO5S. The van der Waals surface area contributed by atoms with Gasteiger partial charge in [-0.05, 0) is 49.2 Å². The topological polar surface area (TPSA) is 86.7 Å². The van der Waals surface area contributed by atoms with Gasteiger partial charge in [-0.15, -0.1) is 5.75 Å². The molecule has 0 saturated heterocycles. The van der Waals surface area contributed by atoms with E-state index in [-0.39, 0.29) is 62.0 Å². The van der Waals surface area contributed by atoms with Crippen LogP contribution in [0.3, 0.4) is 0 Å². The summed E-state index contributed by atoms with van der Waals surface area (Å²) in [6.07, 6.45) is 11.9. The molecule has 7 heteroatoms. The molecule has 0 aliphatic carbocycles. The average molecular weight is 459 g/mol. The SMILES string of the molecule is CCCCCCCCCCCc1cc(Oc2ccc(S(=O)(=O)O)cc2)ccc1[O-].[K+]. The van der Waals surface area contributed by atoms with E-state index >= 15 is 0 Å². The van der Waals surface area contributed by atoms with Gasteiger partial charge in [0.1, 0.15) is 11.5 Å². The van der Waals surface area contributed by atoms with Crippen molar-refractivity contribution < 1.29 is 74.2 Å². The second-order valence-corrected chi connectivity index (χ2v) is 8.82. The van der Waals surface area contributed by atoms with Crippen molar-refractivity contribution >= 4 is 10.1 Å². The first-order valence-electron chi connectivity index (χ1n) is 10.5. The van der Waals surface area contributed by atoms with Gasteiger partial charge < -0.3 is 9.84 Å². The van der Waals surface area contributed by atoms with Gasteiger partial charge in [-0.25, -0.2) is 0 Å². The maximum absolute atomic E-state index is 12.1. The van der Waals surface area contributed by atoms with Crippen LogP contribution in [0.1, 0.15) is 70.3 Å². The maximum atomic E-state index is 12.1. The van der Waals surface area contributed by atoms with E-state index in [1.807, 2.05) is 0 Å². The van der Waals surface area contributed by atoms with E-state index in [0.717, 1.165) is 24.8 Å². The Kier molecular flexibility index (Phi) is 13.5. The summed E-state index contributed by atoms with van der Waals surface area (Å²) < 4.78 is 36.9. The fourth-order valence-corrected chi connectivity index (χ4v) is 3.74. The minimum absolute atomic E-state index is 0. The fourth-order valence-electron chi connectivity index (χ4n) is 3.26. The summed E-state index contributed by atoms with van der Waals surface area (Å²) in [6.45, 7) is 2.23. The van der Waals surface area contributed by atoms with Crippen molar-refractivity contribution in [3.8, 4) is 17.2 Å². The summed E-state index contributed by atoms with van der Waals surface area (Å²) in [5.74, 6) is 0.985. The Hall–Kier alpha value is -0.414. The zero-order chi connectivity index (χ0) is 21.1. The largest absolute Gasteiger partial charge is 1.00 e. The van der Waals surface area contributed by atoms with E-state index in [1.54, 1.807) is 12.1 Å². The monoisotopic (exact) mass is 458 g/mol. The Labute approximate surface area is 223 Å². The number of hydrogen-bond donors (Lipinski definition) is 1. The second kappa shape index (κ2) is 14.6. The summed E-state index contributed by atoms with van der Waals surface area (Å²) >= 11 is 0. The van der Waals surface area contributed by atoms with Crippen molar-refractivity contribution in [3.05, 3.63) is 48.0 Å². The van der Waals surface area contributed by atoms with Crippen LogP contribution in [0.25, 0.3) is 0 Å². The van der Waals surface area contributed by atoms with Crippen LogP contribution in [-0.4, -0.2) is 13.0 Å². The normalized spacial score (nSPS) is 11.1. The third-order valence-electron chi connectivity index (χ3n) is 4.94. The molecule has 0 aromatic heterocycles. The zero-order valence-electron chi connectivity index (χ0n) is 18.1. The van der Waals surface area contributed by atoms with Crippen molar-refractivity contribution in [1.82, 2.24) is 0 Å². The van der Waals surface area contributed by atoms with Crippen molar-refractivity contribution in [2.45, 2.75) is 76.0 Å². The van der Waals surface area contributed by atoms with Gasteiger partial charge in [0.15, 0.2) is 0 Å². The predicted octanol–water partition coefficient (Wildman–Crippen LogP) is 2.88. The molecule has 2 rings (SSSR count). The summed E-state index contributed by atoms with van der Waals surface area (Å²) in [6, 6.07) is 10.3. The third-order valence-corrected chi connectivity index (χ3v) is 5.81. The molecule has 0 aliphatic heterocycles. The van der Waals surface area contributed by atoms with Crippen molar-refractivity contribution in [2.75, 3.05) is 0 Å². The van der Waals surface area contributed by atoms with Crippen LogP contribution in [0.15, 0.2) is 47.4 Å². The molecule has 2 aromatic carbocycles. The molecular weight excluding hydrogens is 427 g/mol. The summed E-state index contributed by atoms with van der Waals surface area (Å²) in [7, 11) is -4.22. The Morgan fingerprint density at radius 1 is 0.833 bits per heavy atom. The number of unbranched alkanes of at least 4 members (excludes halogenated alkanes) is 8. The number of aryl methyl sites for hydroxylation is 1. The minimum atomic E-state index is -4.22. The van der Waals surface area contributed by atoms with Crippen LogP contribution >= 0.6 is 0 Å². The molecule has 0 fully saturated rings. The van der Waals surface area contributed by atoms with Gasteiger partial charge in [0.25, 0.3) is 10.1 Å². The molecule has 1 N–H and O–H groups in total. The van der Waals surface area contributed by atoms with Gasteiger partial charge in [0, 0.05) is 0 Å². The molecule has 0 atom stereocenters. The van der Waals surface area contributed by atoms with Crippen LogP contribution in [0.2, 0.25) is 0 Å². The molecule has 5 nitrogen and oxygen atoms in total. The van der Waals surface area contributed by atoms with Crippen LogP contribution in [0, 0.1) is 0 Å². The van der Waals surface area contributed by atoms with Gasteiger partial charge in [0.05, 0.1) is 4.90 Å². The Bertz CT molecular complexity index is 850. The van der Waals surface area contributed by atoms with Gasteiger partial charge in [-0.3, -0.25) is 4.55 Å². The van der Waals surface area contributed by atoms with E-state index in [0.29, 0.717) is 11.5 Å². The van der Waals surface area contributed by atoms with Crippen molar-refractivity contribution in [1.29, 1.82) is 0 Å². The molecule has 0 saturated carbocycles. The average Bonchev–Trinajstić information content (AvgIpc) is 2.68. The smallest absolute Gasteiger partial charge is 0.872 e. The van der Waals surface area contributed by atoms with Gasteiger partial charge in [-0.1, -0.05) is 69.9 Å². The van der Waals surface area contributed by atoms with Crippen LogP contribution < -0.4 is 61.2 Å². The summed E-state index contributed by atoms with van der Waals surface area (Å²) in [4.78, 5) is -0.189. The molecule has 0 bridgehead atoms. The second-order valence-electron chi connectivity index (χ2n) is 7.40. The fraction of sp³-hybridized carbons (Fsp3) is 0.478. The molecule has 0 heterocycles. The Balaban J connectivity index is 0.00000450. The molecule has 0 radical (unpaired) electrons. The minimum Gasteiger partial charge on any atom is -0.872 e. The van der Waals surface area contributed by atoms with Crippen LogP contribution in [-0.2, 0) is 16.5 Å². The summed E-state index contributed by atoms with van der Waals surface area (Å²) in [5.41, 5.74) is 0.736. The number of benzene rings is 2. The van der Waals surface area contributed by atoms with E-state index in [9.17, 15) is 13.5 Å². The Morgan fingerprint density at radius 3 is 1.93 bits per heavy atom. The molecule has 0 aliphatic rings. The number of rotatable bonds is 13. The predicted molar refractivity (Wildman–Crippen MR) is 113 cm³/mol. The van der Waals surface area contributed by atoms with Gasteiger partial charge in [0.2, 0.25) is 0 Å². The van der Waals surface area contributed by atoms with Gasteiger partial charge >= 0.3 is 51.4 Å². The van der Waals surface area contributed by atoms with E-state index in [2.05, 4.69) is 6.92 Å². The molecule has 0 amide bonds. The number of ether oxygens (including phenoxy) is 1. The van der Waals surface area contributed by atoms with E-state index in [1.165, 1.54) is 75.3 Å². The first kappa shape index (κ1) is 27.6. The third kappa shape index (κ3) is 10.3. The molecule has 160 valence electrons. The van der Waals surface area contributed by atoms with Crippen LogP contribution in [0.4, 0.5) is 0 Å². The van der Waals surface area contributed by atoms with E-state index < -0.39 is 10.1 Å². The molecule has 30 heavy (non-hydrogen) atoms. The molecule has 0 unspecified atom stereocenters. The zero-order valence-corrected chi connectivity index (χ0v) is 22.0. The number of hydrogen-bond acceptors (Lipinski definition) is 4. The first-order chi connectivity index (χ1) is 13.9. The Morgan fingerprint density at radius 2 is 1.37 bits per heavy atom. The quantitative estimate of drug-likeness (QED) is 0.283. The van der Waals surface area contributed by atoms with Crippen molar-refractivity contribution in [3.63, 3.8) is 0 Å². The first-order valence-corrected chi connectivity index (χ1v) is 11.9. The van der Waals surface area contributed by atoms with Crippen LogP contribution in [0.5, 0.6) is 17.2 Å². The molecule has 2 aromatic rings. The summed E-state index contributed by atoms with van der Waals surface area (Å²) in [5, 5.41) is 12.1. The standard InChI is InChI=1S/C23H32O5S.K/c1-2-3-4-5-6-7-8-9-10-11-19-18-21(14-17-23(19)24)28-20-12-15-22(16-13-20)29(25,26)27;/h12-18,24H,2-11H2,1H3,(H,25,26,27);/q;+1/p-1. The van der Waals surface area contributed by atoms with Crippen molar-refractivity contribution in [2.24, 2.45) is 0 Å². The maximum Gasteiger partial charge on any atom is 1.00 e.